The molecule has 0 amide bonds. The minimum atomic E-state index is -0.276. The van der Waals surface area contributed by atoms with Crippen molar-refractivity contribution in [2.45, 2.75) is 43.8 Å². The summed E-state index contributed by atoms with van der Waals surface area (Å²) in [6, 6.07) is 17.1. The molecule has 148 valence electrons. The number of rotatable bonds is 4. The molecular formula is C23H23FN4S. The number of pyridine rings is 1. The third-order valence-electron chi connectivity index (χ3n) is 6.04. The van der Waals surface area contributed by atoms with Crippen LogP contribution in [0.3, 0.4) is 0 Å². The van der Waals surface area contributed by atoms with E-state index in [-0.39, 0.29) is 17.9 Å². The van der Waals surface area contributed by atoms with Crippen molar-refractivity contribution in [1.29, 1.82) is 0 Å². The zero-order valence-electron chi connectivity index (χ0n) is 16.0. The lowest BCUT2D eigenvalue weighted by Crippen LogP contribution is -2.31. The van der Waals surface area contributed by atoms with Gasteiger partial charge in [-0.25, -0.2) is 4.39 Å². The molecule has 2 aromatic heterocycles. The molecule has 29 heavy (non-hydrogen) atoms. The van der Waals surface area contributed by atoms with Gasteiger partial charge in [-0.3, -0.25) is 4.98 Å². The van der Waals surface area contributed by atoms with Crippen molar-refractivity contribution in [3.05, 3.63) is 84.2 Å². The summed E-state index contributed by atoms with van der Waals surface area (Å²) in [7, 11) is 0. The number of hydrogen-bond donors (Lipinski definition) is 1. The van der Waals surface area contributed by atoms with Gasteiger partial charge in [-0.05, 0) is 61.5 Å². The molecule has 1 saturated carbocycles. The summed E-state index contributed by atoms with van der Waals surface area (Å²) in [5, 5.41) is 3.94. The van der Waals surface area contributed by atoms with E-state index in [1.807, 2.05) is 29.2 Å². The highest BCUT2D eigenvalue weighted by atomic mass is 32.1. The molecule has 0 bridgehead atoms. The van der Waals surface area contributed by atoms with Crippen LogP contribution in [0.25, 0.3) is 0 Å². The van der Waals surface area contributed by atoms with Gasteiger partial charge in [-0.2, -0.15) is 0 Å². The highest BCUT2D eigenvalue weighted by molar-refractivity contribution is 7.80. The van der Waals surface area contributed by atoms with Crippen LogP contribution in [0.2, 0.25) is 0 Å². The molecule has 6 heteroatoms. The van der Waals surface area contributed by atoms with Crippen molar-refractivity contribution in [3.63, 3.8) is 0 Å². The number of aromatic nitrogens is 2. The van der Waals surface area contributed by atoms with Crippen LogP contribution in [-0.2, 0) is 0 Å². The molecule has 1 saturated heterocycles. The van der Waals surface area contributed by atoms with Gasteiger partial charge in [0.15, 0.2) is 5.11 Å². The maximum Gasteiger partial charge on any atom is 0.174 e. The minimum Gasteiger partial charge on any atom is -0.351 e. The average molecular weight is 407 g/mol. The van der Waals surface area contributed by atoms with E-state index < -0.39 is 0 Å². The third kappa shape index (κ3) is 3.21. The molecule has 2 fully saturated rings. The largest absolute Gasteiger partial charge is 0.351 e. The van der Waals surface area contributed by atoms with Gasteiger partial charge in [0.05, 0.1) is 17.4 Å². The number of benzene rings is 1. The van der Waals surface area contributed by atoms with E-state index >= 15 is 0 Å². The van der Waals surface area contributed by atoms with Crippen molar-refractivity contribution < 1.29 is 4.39 Å². The molecule has 2 atom stereocenters. The van der Waals surface area contributed by atoms with Gasteiger partial charge in [0.1, 0.15) is 11.9 Å². The van der Waals surface area contributed by atoms with Gasteiger partial charge in [0, 0.05) is 24.1 Å². The van der Waals surface area contributed by atoms with Crippen LogP contribution in [-0.4, -0.2) is 14.7 Å². The van der Waals surface area contributed by atoms with E-state index in [2.05, 4.69) is 33.2 Å². The van der Waals surface area contributed by atoms with Crippen LogP contribution in [0.5, 0.6) is 0 Å². The molecule has 1 aromatic carbocycles. The first kappa shape index (κ1) is 18.3. The lowest BCUT2D eigenvalue weighted by Gasteiger charge is -2.30. The first-order valence-electron chi connectivity index (χ1n) is 10.2. The van der Waals surface area contributed by atoms with Gasteiger partial charge < -0.3 is 14.8 Å². The van der Waals surface area contributed by atoms with E-state index in [1.54, 1.807) is 18.3 Å². The monoisotopic (exact) mass is 406 g/mol. The number of hydrogen-bond acceptors (Lipinski definition) is 2. The van der Waals surface area contributed by atoms with Crippen molar-refractivity contribution >= 4 is 23.0 Å². The average Bonchev–Trinajstić information content (AvgIpc) is 3.48. The number of nitrogens with zero attached hydrogens (tertiary/aromatic N) is 3. The van der Waals surface area contributed by atoms with Crippen molar-refractivity contribution in [1.82, 2.24) is 14.9 Å². The normalized spacial score (nSPS) is 22.2. The molecule has 4 nitrogen and oxygen atoms in total. The van der Waals surface area contributed by atoms with Crippen molar-refractivity contribution in [2.24, 2.45) is 0 Å². The summed E-state index contributed by atoms with van der Waals surface area (Å²) in [6.07, 6.45) is 8.82. The Hall–Kier alpha value is -2.73. The van der Waals surface area contributed by atoms with Crippen molar-refractivity contribution in [3.8, 4) is 0 Å². The predicted molar refractivity (Wildman–Crippen MR) is 116 cm³/mol. The number of thiocarbonyl (C=S) groups is 1. The van der Waals surface area contributed by atoms with Crippen LogP contribution in [0, 0.1) is 5.82 Å². The van der Waals surface area contributed by atoms with Gasteiger partial charge in [0.2, 0.25) is 0 Å². The molecule has 2 aliphatic rings. The Morgan fingerprint density at radius 1 is 1.00 bits per heavy atom. The molecule has 3 heterocycles. The van der Waals surface area contributed by atoms with Crippen LogP contribution < -0.4 is 10.2 Å². The van der Waals surface area contributed by atoms with Gasteiger partial charge in [-0.15, -0.1) is 0 Å². The maximum absolute atomic E-state index is 14.8. The summed E-state index contributed by atoms with van der Waals surface area (Å²) in [5.74, 6) is -0.276. The summed E-state index contributed by atoms with van der Waals surface area (Å²) >= 11 is 5.70. The summed E-state index contributed by atoms with van der Waals surface area (Å²) < 4.78 is 17.2. The molecule has 0 spiro atoms. The van der Waals surface area contributed by atoms with E-state index in [1.165, 1.54) is 31.7 Å². The smallest absolute Gasteiger partial charge is 0.174 e. The first-order chi connectivity index (χ1) is 14.2. The van der Waals surface area contributed by atoms with E-state index in [9.17, 15) is 4.39 Å². The molecule has 0 unspecified atom stereocenters. The Bertz CT molecular complexity index is 1010. The standard InChI is InChI=1S/C23H23FN4S/c24-17-10-3-4-12-19(17)28-22(20-13-7-15-27(20)16-8-1-2-9-16)21(26-23(28)29)18-11-5-6-14-25-18/h3-7,10-16,21-22H,1-2,8-9H2,(H,26,29)/t21-,22-/m1/s1. The number of nitrogens with one attached hydrogen (secondary N) is 1. The Labute approximate surface area is 175 Å². The van der Waals surface area contributed by atoms with Crippen LogP contribution in [0.4, 0.5) is 10.1 Å². The molecule has 0 radical (unpaired) electrons. The van der Waals surface area contributed by atoms with Crippen LogP contribution in [0.15, 0.2) is 67.0 Å². The Morgan fingerprint density at radius 3 is 2.55 bits per heavy atom. The molecule has 1 aliphatic carbocycles. The predicted octanol–water partition coefficient (Wildman–Crippen LogP) is 5.31. The molecule has 1 N–H and O–H groups in total. The SMILES string of the molecule is Fc1ccccc1N1C(=S)N[C@H](c2ccccn2)[C@H]1c1cccn1C1CCCC1. The molecule has 5 rings (SSSR count). The highest BCUT2D eigenvalue weighted by Crippen LogP contribution is 2.44. The zero-order valence-corrected chi connectivity index (χ0v) is 16.9. The van der Waals surface area contributed by atoms with Crippen LogP contribution >= 0.6 is 12.2 Å². The minimum absolute atomic E-state index is 0.154. The summed E-state index contributed by atoms with van der Waals surface area (Å²) in [4.78, 5) is 6.50. The van der Waals surface area contributed by atoms with E-state index in [4.69, 9.17) is 12.2 Å². The van der Waals surface area contributed by atoms with Gasteiger partial charge in [0.25, 0.3) is 0 Å². The molecular weight excluding hydrogens is 383 g/mol. The fourth-order valence-electron chi connectivity index (χ4n) is 4.73. The fourth-order valence-corrected chi connectivity index (χ4v) is 5.07. The third-order valence-corrected chi connectivity index (χ3v) is 6.36. The second kappa shape index (κ2) is 7.59. The van der Waals surface area contributed by atoms with E-state index in [0.29, 0.717) is 16.8 Å². The Balaban J connectivity index is 1.65. The number of para-hydroxylation sites is 1. The Kier molecular flexibility index (Phi) is 4.79. The van der Waals surface area contributed by atoms with Crippen LogP contribution in [0.1, 0.15) is 55.2 Å². The van der Waals surface area contributed by atoms with E-state index in [0.717, 1.165) is 11.4 Å². The fraction of sp³-hybridized carbons (Fsp3) is 0.304. The summed E-state index contributed by atoms with van der Waals surface area (Å²) in [6.45, 7) is 0. The first-order valence-corrected chi connectivity index (χ1v) is 10.6. The second-order valence-corrected chi connectivity index (χ2v) is 8.11. The van der Waals surface area contributed by atoms with Gasteiger partial charge >= 0.3 is 0 Å². The highest BCUT2D eigenvalue weighted by Gasteiger charge is 2.43. The zero-order chi connectivity index (χ0) is 19.8. The summed E-state index contributed by atoms with van der Waals surface area (Å²) in [5.41, 5.74) is 2.54. The molecule has 1 aliphatic heterocycles. The van der Waals surface area contributed by atoms with Gasteiger partial charge in [-0.1, -0.05) is 31.0 Å². The number of halogens is 1. The quantitative estimate of drug-likeness (QED) is 0.595. The lowest BCUT2D eigenvalue weighted by molar-refractivity contribution is 0.460. The topological polar surface area (TPSA) is 33.1 Å². The number of anilines is 1. The van der Waals surface area contributed by atoms with Crippen molar-refractivity contribution in [2.75, 3.05) is 4.90 Å². The second-order valence-electron chi connectivity index (χ2n) is 7.73. The molecule has 3 aromatic rings. The Morgan fingerprint density at radius 2 is 1.79 bits per heavy atom. The lowest BCUT2D eigenvalue weighted by atomic mass is 10.00. The maximum atomic E-state index is 14.8.